The minimum Gasteiger partial charge on any atom is -0.493 e. The van der Waals surface area contributed by atoms with E-state index >= 15 is 0 Å². The Balaban J connectivity index is 1.24. The third kappa shape index (κ3) is 13.4. The lowest BCUT2D eigenvalue weighted by atomic mass is 9.97. The van der Waals surface area contributed by atoms with Crippen LogP contribution < -0.4 is 0 Å². The highest BCUT2D eigenvalue weighted by molar-refractivity contribution is 6.77. The second kappa shape index (κ2) is 25.1. The van der Waals surface area contributed by atoms with E-state index in [0.717, 1.165) is 27.8 Å². The van der Waals surface area contributed by atoms with Crippen molar-refractivity contribution in [3.8, 4) is 0 Å². The van der Waals surface area contributed by atoms with E-state index in [2.05, 4.69) is 102 Å². The molecule has 1 fully saturated rings. The molecule has 0 amide bonds. The van der Waals surface area contributed by atoms with Crippen molar-refractivity contribution in [1.82, 2.24) is 0 Å². The highest BCUT2D eigenvalue weighted by atomic mass is 28.4. The largest absolute Gasteiger partial charge is 0.493 e. The summed E-state index contributed by atoms with van der Waals surface area (Å²) in [7, 11) is -2.27. The zero-order chi connectivity index (χ0) is 46.1. The summed E-state index contributed by atoms with van der Waals surface area (Å²) in [6.07, 6.45) is -1.55. The highest BCUT2D eigenvalue weighted by Crippen LogP contribution is 2.43. The molecule has 5 aromatic carbocycles. The van der Waals surface area contributed by atoms with Crippen molar-refractivity contribution in [2.45, 2.75) is 140 Å². The quantitative estimate of drug-likeness (QED) is 0.0562. The van der Waals surface area contributed by atoms with Crippen LogP contribution in [0.15, 0.2) is 164 Å². The second-order valence-electron chi connectivity index (χ2n) is 18.3. The predicted molar refractivity (Wildman–Crippen MR) is 261 cm³/mol. The number of hydrogen-bond donors (Lipinski definition) is 0. The van der Waals surface area contributed by atoms with E-state index in [0.29, 0.717) is 56.3 Å². The summed E-state index contributed by atoms with van der Waals surface area (Å²) in [5.74, 6) is 0. The van der Waals surface area contributed by atoms with Crippen LogP contribution in [0.25, 0.3) is 0 Å². The lowest BCUT2D eigenvalue weighted by molar-refractivity contribution is -0.340. The number of hydrogen-bond acceptors (Lipinski definition) is 9. The van der Waals surface area contributed by atoms with E-state index in [1.54, 1.807) is 6.26 Å². The van der Waals surface area contributed by atoms with Crippen LogP contribution in [0.5, 0.6) is 0 Å². The molecule has 0 aliphatic carbocycles. The Morgan fingerprint density at radius 1 is 0.439 bits per heavy atom. The van der Waals surface area contributed by atoms with Crippen molar-refractivity contribution in [2.75, 3.05) is 13.2 Å². The molecule has 2 aliphatic heterocycles. The fourth-order valence-electron chi connectivity index (χ4n) is 9.59. The van der Waals surface area contributed by atoms with Crippen LogP contribution in [-0.2, 0) is 75.4 Å². The first-order valence-electron chi connectivity index (χ1n) is 23.7. The summed E-state index contributed by atoms with van der Waals surface area (Å²) in [5.41, 5.74) is 6.36. The van der Waals surface area contributed by atoms with Crippen molar-refractivity contribution in [3.05, 3.63) is 192 Å². The Morgan fingerprint density at radius 3 is 1.27 bits per heavy atom. The first-order chi connectivity index (χ1) is 32.2. The van der Waals surface area contributed by atoms with Gasteiger partial charge in [-0.15, -0.1) is 0 Å². The summed E-state index contributed by atoms with van der Waals surface area (Å²) in [5, 5.41) is 0. The Hall–Kier alpha value is -4.46. The van der Waals surface area contributed by atoms with Crippen LogP contribution in [0.2, 0.25) is 16.6 Å². The third-order valence-electron chi connectivity index (χ3n) is 12.8. The molecule has 0 N–H and O–H groups in total. The molecular formula is C56H70O9Si. The van der Waals surface area contributed by atoms with Gasteiger partial charge >= 0.3 is 0 Å². The summed E-state index contributed by atoms with van der Waals surface area (Å²) >= 11 is 0. The van der Waals surface area contributed by atoms with E-state index in [1.807, 2.05) is 97.1 Å². The van der Waals surface area contributed by atoms with Gasteiger partial charge in [0.25, 0.3) is 0 Å². The van der Waals surface area contributed by atoms with Crippen molar-refractivity contribution < 1.29 is 42.3 Å². The third-order valence-corrected chi connectivity index (χ3v) is 18.9. The number of ether oxygens (including phenoxy) is 8. The van der Waals surface area contributed by atoms with Crippen LogP contribution in [0.3, 0.4) is 0 Å². The van der Waals surface area contributed by atoms with E-state index in [9.17, 15) is 0 Å². The Bertz CT molecular complexity index is 2100. The van der Waals surface area contributed by atoms with Crippen LogP contribution in [0, 0.1) is 0 Å². The Labute approximate surface area is 394 Å². The van der Waals surface area contributed by atoms with Crippen LogP contribution in [0.1, 0.15) is 69.4 Å². The molecule has 352 valence electrons. The van der Waals surface area contributed by atoms with E-state index in [-0.39, 0.29) is 6.61 Å². The maximum atomic E-state index is 7.25. The molecule has 0 saturated carbocycles. The maximum absolute atomic E-state index is 7.25. The highest BCUT2D eigenvalue weighted by Gasteiger charge is 2.52. The molecule has 2 aliphatic rings. The lowest BCUT2D eigenvalue weighted by Crippen LogP contribution is -2.63. The lowest BCUT2D eigenvalue weighted by Gasteiger charge is -2.47. The van der Waals surface area contributed by atoms with Gasteiger partial charge in [-0.05, 0) is 50.5 Å². The fourth-order valence-corrected chi connectivity index (χ4v) is 15.0. The molecule has 0 radical (unpaired) electrons. The molecule has 8 unspecified atom stereocenters. The molecule has 7 rings (SSSR count). The summed E-state index contributed by atoms with van der Waals surface area (Å²) < 4.78 is 62.3. The topological polar surface area (TPSA) is 83.1 Å². The van der Waals surface area contributed by atoms with Crippen molar-refractivity contribution >= 4 is 8.32 Å². The fraction of sp³-hybridized carbons (Fsp3) is 0.429. The second-order valence-corrected chi connectivity index (χ2v) is 23.8. The molecule has 0 spiro atoms. The van der Waals surface area contributed by atoms with E-state index in [1.165, 1.54) is 0 Å². The van der Waals surface area contributed by atoms with Gasteiger partial charge in [0.2, 0.25) is 8.32 Å². The molecule has 10 heteroatoms. The van der Waals surface area contributed by atoms with Gasteiger partial charge in [0.15, 0.2) is 6.29 Å². The average molecular weight is 915 g/mol. The Morgan fingerprint density at radius 2 is 0.833 bits per heavy atom. The van der Waals surface area contributed by atoms with Gasteiger partial charge < -0.3 is 42.3 Å². The van der Waals surface area contributed by atoms with Gasteiger partial charge in [-0.3, -0.25) is 0 Å². The Kier molecular flexibility index (Phi) is 18.8. The molecule has 8 atom stereocenters. The predicted octanol–water partition coefficient (Wildman–Crippen LogP) is 11.8. The van der Waals surface area contributed by atoms with Crippen LogP contribution in [-0.4, -0.2) is 70.5 Å². The van der Waals surface area contributed by atoms with Crippen molar-refractivity contribution in [2.24, 2.45) is 0 Å². The minimum atomic E-state index is -2.27. The number of rotatable bonds is 24. The average Bonchev–Trinajstić information content (AvgIpc) is 3.34. The number of benzene rings is 5. The maximum Gasteiger partial charge on any atom is 0.200 e. The van der Waals surface area contributed by atoms with Gasteiger partial charge in [0, 0.05) is 0 Å². The molecule has 9 nitrogen and oxygen atoms in total. The molecule has 5 aromatic rings. The van der Waals surface area contributed by atoms with Crippen LogP contribution in [0.4, 0.5) is 0 Å². The zero-order valence-corrected chi connectivity index (χ0v) is 40.6. The van der Waals surface area contributed by atoms with Crippen LogP contribution >= 0.6 is 0 Å². The van der Waals surface area contributed by atoms with Gasteiger partial charge in [-0.2, -0.15) is 0 Å². The molecular weight excluding hydrogens is 845 g/mol. The standard InChI is InChI=1S/C56H70O9Si/c1-41(2)66(42(3)4,43(5)6)63-40-50-52(59-35-45-24-14-8-15-25-45)49(32-33-58-50)64-56-55(62-38-48-30-20-11-21-31-48)54(61-37-47-28-18-10-19-29-47)53(60-36-46-26-16-9-17-27-46)51(65-56)39-57-34-44-22-12-7-13-23-44/h7-33,41-43,49-56H,34-40H2,1-6H3. The van der Waals surface area contributed by atoms with E-state index in [4.69, 9.17) is 42.3 Å². The monoisotopic (exact) mass is 914 g/mol. The summed E-state index contributed by atoms with van der Waals surface area (Å²) in [6, 6.07) is 50.8. The molecule has 0 bridgehead atoms. The molecule has 1 saturated heterocycles. The van der Waals surface area contributed by atoms with Gasteiger partial charge in [0.1, 0.15) is 42.7 Å². The normalized spacial score (nSPS) is 23.3. The van der Waals surface area contributed by atoms with Crippen molar-refractivity contribution in [3.63, 3.8) is 0 Å². The minimum absolute atomic E-state index is 0.213. The van der Waals surface area contributed by atoms with Crippen molar-refractivity contribution in [1.29, 1.82) is 0 Å². The SMILES string of the molecule is CC(C)[Si](OCC1OC=CC(OC2OC(COCc3ccccc3)C(OCc3ccccc3)C(OCc3ccccc3)C2OCc2ccccc2)C1OCc1ccccc1)(C(C)C)C(C)C. The van der Waals surface area contributed by atoms with Gasteiger partial charge in [-0.1, -0.05) is 193 Å². The summed E-state index contributed by atoms with van der Waals surface area (Å²) in [6.45, 7) is 16.1. The molecule has 2 heterocycles. The van der Waals surface area contributed by atoms with E-state index < -0.39 is 57.3 Å². The first-order valence-corrected chi connectivity index (χ1v) is 25.9. The first kappa shape index (κ1) is 49.4. The van der Waals surface area contributed by atoms with Gasteiger partial charge in [0.05, 0.1) is 52.5 Å². The van der Waals surface area contributed by atoms with Gasteiger partial charge in [-0.25, -0.2) is 0 Å². The smallest absolute Gasteiger partial charge is 0.200 e. The molecule has 66 heavy (non-hydrogen) atoms. The zero-order valence-electron chi connectivity index (χ0n) is 39.6. The summed E-state index contributed by atoms with van der Waals surface area (Å²) in [4.78, 5) is 0. The molecule has 0 aromatic heterocycles.